The van der Waals surface area contributed by atoms with Crippen LogP contribution >= 0.6 is 11.8 Å². The van der Waals surface area contributed by atoms with E-state index in [2.05, 4.69) is 60.1 Å². The molecule has 0 saturated heterocycles. The van der Waals surface area contributed by atoms with Gasteiger partial charge in [-0.05, 0) is 48.5 Å². The summed E-state index contributed by atoms with van der Waals surface area (Å²) in [6.07, 6.45) is 3.11. The Bertz CT molecular complexity index is 491. The van der Waals surface area contributed by atoms with Gasteiger partial charge in [-0.1, -0.05) is 36.4 Å². The van der Waals surface area contributed by atoms with Crippen LogP contribution in [0.3, 0.4) is 0 Å². The minimum absolute atomic E-state index is 0.930. The van der Waals surface area contributed by atoms with E-state index in [1.807, 2.05) is 7.05 Å². The van der Waals surface area contributed by atoms with Crippen molar-refractivity contribution in [3.63, 3.8) is 0 Å². The normalized spacial score (nSPS) is 10.6. The molecule has 0 saturated carbocycles. The zero-order valence-corrected chi connectivity index (χ0v) is 11.8. The highest BCUT2D eigenvalue weighted by Gasteiger charge is 2.02. The van der Waals surface area contributed by atoms with E-state index < -0.39 is 0 Å². The summed E-state index contributed by atoms with van der Waals surface area (Å²) in [6, 6.07) is 17.5. The molecule has 0 fully saturated rings. The van der Waals surface area contributed by atoms with Crippen LogP contribution < -0.4 is 5.32 Å². The molecule has 2 aromatic rings. The molecule has 2 heteroatoms. The van der Waals surface area contributed by atoms with Gasteiger partial charge in [-0.25, -0.2) is 0 Å². The smallest absolute Gasteiger partial charge is 0.0205 e. The summed E-state index contributed by atoms with van der Waals surface area (Å²) in [6.45, 7) is 0.930. The fourth-order valence-corrected chi connectivity index (χ4v) is 2.46. The number of rotatable bonds is 5. The van der Waals surface area contributed by atoms with Gasteiger partial charge in [-0.15, -0.1) is 11.8 Å². The van der Waals surface area contributed by atoms with E-state index in [1.165, 1.54) is 21.6 Å². The molecule has 2 aromatic carbocycles. The first kappa shape index (κ1) is 13.2. The number of hydrogen-bond donors (Lipinski definition) is 1. The Morgan fingerprint density at radius 3 is 2.22 bits per heavy atom. The summed E-state index contributed by atoms with van der Waals surface area (Å²) in [7, 11) is 1.99. The molecule has 18 heavy (non-hydrogen) atoms. The van der Waals surface area contributed by atoms with Crippen molar-refractivity contribution in [3.05, 3.63) is 65.2 Å². The molecule has 0 atom stereocenters. The molecule has 1 nitrogen and oxygen atoms in total. The second-order valence-corrected chi connectivity index (χ2v) is 5.20. The van der Waals surface area contributed by atoms with Crippen molar-refractivity contribution in [2.24, 2.45) is 0 Å². The van der Waals surface area contributed by atoms with Crippen molar-refractivity contribution in [2.75, 3.05) is 13.3 Å². The molecule has 0 amide bonds. The van der Waals surface area contributed by atoms with E-state index in [1.54, 1.807) is 11.8 Å². The molecule has 0 aromatic heterocycles. The average molecular weight is 257 g/mol. The molecule has 0 spiro atoms. The highest BCUT2D eigenvalue weighted by Crippen LogP contribution is 2.18. The summed E-state index contributed by atoms with van der Waals surface area (Å²) in [5, 5.41) is 3.23. The number of thioether (sulfide) groups is 1. The maximum atomic E-state index is 3.23. The average Bonchev–Trinajstić information content (AvgIpc) is 2.42. The van der Waals surface area contributed by atoms with Crippen LogP contribution in [0.2, 0.25) is 0 Å². The zero-order chi connectivity index (χ0) is 12.8. The molecule has 0 aliphatic heterocycles. The van der Waals surface area contributed by atoms with Gasteiger partial charge >= 0.3 is 0 Å². The lowest BCUT2D eigenvalue weighted by Crippen LogP contribution is -2.07. The number of hydrogen-bond acceptors (Lipinski definition) is 2. The van der Waals surface area contributed by atoms with Crippen LogP contribution in [0.1, 0.15) is 16.7 Å². The van der Waals surface area contributed by atoms with Gasteiger partial charge in [-0.3, -0.25) is 0 Å². The van der Waals surface area contributed by atoms with Crippen LogP contribution in [0.15, 0.2) is 53.4 Å². The summed E-state index contributed by atoms with van der Waals surface area (Å²) in [4.78, 5) is 1.32. The first-order valence-electron chi connectivity index (χ1n) is 6.18. The van der Waals surface area contributed by atoms with Crippen LogP contribution in [0, 0.1) is 0 Å². The SMILES string of the molecule is CNCc1ccccc1Cc1ccc(SC)cc1. The third kappa shape index (κ3) is 3.37. The highest BCUT2D eigenvalue weighted by atomic mass is 32.2. The monoisotopic (exact) mass is 257 g/mol. The lowest BCUT2D eigenvalue weighted by atomic mass is 10.00. The first-order valence-corrected chi connectivity index (χ1v) is 7.40. The summed E-state index contributed by atoms with van der Waals surface area (Å²) >= 11 is 1.79. The second-order valence-electron chi connectivity index (χ2n) is 4.32. The Kier molecular flexibility index (Phi) is 4.85. The van der Waals surface area contributed by atoms with Crippen LogP contribution in [0.4, 0.5) is 0 Å². The fraction of sp³-hybridized carbons (Fsp3) is 0.250. The predicted molar refractivity (Wildman–Crippen MR) is 80.2 cm³/mol. The minimum Gasteiger partial charge on any atom is -0.316 e. The van der Waals surface area contributed by atoms with E-state index >= 15 is 0 Å². The Balaban J connectivity index is 2.17. The van der Waals surface area contributed by atoms with Gasteiger partial charge in [0, 0.05) is 11.4 Å². The molecule has 1 N–H and O–H groups in total. The molecule has 0 bridgehead atoms. The van der Waals surface area contributed by atoms with E-state index in [0.29, 0.717) is 0 Å². The molecule has 0 heterocycles. The van der Waals surface area contributed by atoms with Gasteiger partial charge in [0.2, 0.25) is 0 Å². The number of benzene rings is 2. The predicted octanol–water partition coefficient (Wildman–Crippen LogP) is 3.72. The van der Waals surface area contributed by atoms with Gasteiger partial charge in [0.05, 0.1) is 0 Å². The zero-order valence-electron chi connectivity index (χ0n) is 10.9. The molecule has 94 valence electrons. The van der Waals surface area contributed by atoms with Crippen molar-refractivity contribution in [3.8, 4) is 0 Å². The van der Waals surface area contributed by atoms with Crippen LogP contribution in [-0.2, 0) is 13.0 Å². The van der Waals surface area contributed by atoms with Crippen LogP contribution in [0.5, 0.6) is 0 Å². The Labute approximate surface area is 114 Å². The van der Waals surface area contributed by atoms with E-state index in [-0.39, 0.29) is 0 Å². The second kappa shape index (κ2) is 6.62. The largest absolute Gasteiger partial charge is 0.316 e. The van der Waals surface area contributed by atoms with Gasteiger partial charge in [0.1, 0.15) is 0 Å². The molecule has 0 radical (unpaired) electrons. The van der Waals surface area contributed by atoms with Crippen molar-refractivity contribution < 1.29 is 0 Å². The fourth-order valence-electron chi connectivity index (χ4n) is 2.06. The standard InChI is InChI=1S/C16H19NS/c1-17-12-15-6-4-3-5-14(15)11-13-7-9-16(18-2)10-8-13/h3-10,17H,11-12H2,1-2H3. The van der Waals surface area contributed by atoms with Crippen molar-refractivity contribution in [1.82, 2.24) is 5.32 Å². The molecule has 0 aliphatic carbocycles. The van der Waals surface area contributed by atoms with Crippen LogP contribution in [-0.4, -0.2) is 13.3 Å². The minimum atomic E-state index is 0.930. The molecule has 2 rings (SSSR count). The molecular weight excluding hydrogens is 238 g/mol. The van der Waals surface area contributed by atoms with Crippen molar-refractivity contribution >= 4 is 11.8 Å². The Morgan fingerprint density at radius 1 is 0.944 bits per heavy atom. The highest BCUT2D eigenvalue weighted by molar-refractivity contribution is 7.98. The number of nitrogens with one attached hydrogen (secondary N) is 1. The topological polar surface area (TPSA) is 12.0 Å². The summed E-state index contributed by atoms with van der Waals surface area (Å²) in [5.74, 6) is 0. The third-order valence-electron chi connectivity index (χ3n) is 3.04. The third-order valence-corrected chi connectivity index (χ3v) is 3.78. The maximum Gasteiger partial charge on any atom is 0.0205 e. The van der Waals surface area contributed by atoms with Gasteiger partial charge in [0.15, 0.2) is 0 Å². The molecule has 0 aliphatic rings. The first-order chi connectivity index (χ1) is 8.83. The Morgan fingerprint density at radius 2 is 1.61 bits per heavy atom. The molecule has 0 unspecified atom stereocenters. The van der Waals surface area contributed by atoms with E-state index in [0.717, 1.165) is 13.0 Å². The van der Waals surface area contributed by atoms with E-state index in [4.69, 9.17) is 0 Å². The van der Waals surface area contributed by atoms with Gasteiger partial charge in [-0.2, -0.15) is 0 Å². The lowest BCUT2D eigenvalue weighted by molar-refractivity contribution is 0.808. The summed E-state index contributed by atoms with van der Waals surface area (Å²) in [5.41, 5.74) is 4.16. The lowest BCUT2D eigenvalue weighted by Gasteiger charge is -2.09. The van der Waals surface area contributed by atoms with Crippen LogP contribution in [0.25, 0.3) is 0 Å². The molecular formula is C16H19NS. The van der Waals surface area contributed by atoms with Gasteiger partial charge < -0.3 is 5.32 Å². The van der Waals surface area contributed by atoms with Crippen molar-refractivity contribution in [2.45, 2.75) is 17.9 Å². The van der Waals surface area contributed by atoms with Crippen molar-refractivity contribution in [1.29, 1.82) is 0 Å². The quantitative estimate of drug-likeness (QED) is 0.819. The Hall–Kier alpha value is -1.25. The van der Waals surface area contributed by atoms with Gasteiger partial charge in [0.25, 0.3) is 0 Å². The summed E-state index contributed by atoms with van der Waals surface area (Å²) < 4.78 is 0. The van der Waals surface area contributed by atoms with E-state index in [9.17, 15) is 0 Å². The maximum absolute atomic E-state index is 3.23.